The number of carbonyl (C=O) groups is 1. The predicted octanol–water partition coefficient (Wildman–Crippen LogP) is 6.50. The fourth-order valence-electron chi connectivity index (χ4n) is 6.02. The van der Waals surface area contributed by atoms with Gasteiger partial charge in [-0.25, -0.2) is 9.97 Å². The molecule has 0 bridgehead atoms. The molecule has 3 aromatic carbocycles. The highest BCUT2D eigenvalue weighted by atomic mass is 35.5. The van der Waals surface area contributed by atoms with E-state index in [1.807, 2.05) is 35.2 Å². The number of rotatable bonds is 5. The average molecular weight is 548 g/mol. The van der Waals surface area contributed by atoms with Gasteiger partial charge in [0.25, 0.3) is 0 Å². The fraction of sp³-hybridized carbons (Fsp3) is 0.242. The number of hydrogen-bond acceptors (Lipinski definition) is 4. The quantitative estimate of drug-likeness (QED) is 0.252. The van der Waals surface area contributed by atoms with Crippen LogP contribution >= 0.6 is 11.6 Å². The molecule has 2 aromatic heterocycles. The zero-order valence-corrected chi connectivity index (χ0v) is 23.1. The Bertz CT molecular complexity index is 1690. The summed E-state index contributed by atoms with van der Waals surface area (Å²) in [5.41, 5.74) is 6.60. The summed E-state index contributed by atoms with van der Waals surface area (Å²) in [6.07, 6.45) is 4.76. The Balaban J connectivity index is 1.17. The van der Waals surface area contributed by atoms with Crippen molar-refractivity contribution < 1.29 is 4.79 Å². The lowest BCUT2D eigenvalue weighted by atomic mass is 10.1. The maximum atomic E-state index is 13.3. The van der Waals surface area contributed by atoms with E-state index >= 15 is 0 Å². The highest BCUT2D eigenvalue weighted by Gasteiger charge is 2.46. The van der Waals surface area contributed by atoms with Gasteiger partial charge in [-0.15, -0.1) is 0 Å². The summed E-state index contributed by atoms with van der Waals surface area (Å²) >= 11 is 6.05. The molecule has 2 atom stereocenters. The number of amides is 1. The van der Waals surface area contributed by atoms with E-state index < -0.39 is 0 Å². The molecule has 1 saturated heterocycles. The second-order valence-corrected chi connectivity index (χ2v) is 11.3. The van der Waals surface area contributed by atoms with E-state index in [9.17, 15) is 4.79 Å². The van der Waals surface area contributed by atoms with Gasteiger partial charge >= 0.3 is 0 Å². The number of piperazine rings is 1. The van der Waals surface area contributed by atoms with Crippen LogP contribution in [0.5, 0.6) is 0 Å². The zero-order valence-electron chi connectivity index (χ0n) is 22.4. The summed E-state index contributed by atoms with van der Waals surface area (Å²) in [7, 11) is 0. The van der Waals surface area contributed by atoms with E-state index in [1.54, 1.807) is 6.33 Å². The van der Waals surface area contributed by atoms with Gasteiger partial charge in [0.2, 0.25) is 5.91 Å². The van der Waals surface area contributed by atoms with Crippen LogP contribution in [-0.2, 0) is 4.79 Å². The molecule has 40 heavy (non-hydrogen) atoms. The normalized spacial score (nSPS) is 18.8. The van der Waals surface area contributed by atoms with E-state index in [-0.39, 0.29) is 11.8 Å². The lowest BCUT2D eigenvalue weighted by molar-refractivity contribution is -0.133. The van der Waals surface area contributed by atoms with Crippen LogP contribution in [-0.4, -0.2) is 51.5 Å². The monoisotopic (exact) mass is 547 g/mol. The molecule has 1 saturated carbocycles. The number of benzene rings is 3. The number of carbonyl (C=O) groups excluding carboxylic acids is 1. The van der Waals surface area contributed by atoms with Crippen LogP contribution in [0.25, 0.3) is 27.8 Å². The van der Waals surface area contributed by atoms with Gasteiger partial charge in [0.1, 0.15) is 12.1 Å². The third-order valence-corrected chi connectivity index (χ3v) is 8.48. The number of halogens is 1. The molecule has 1 aliphatic carbocycles. The Morgan fingerprint density at radius 3 is 2.42 bits per heavy atom. The van der Waals surface area contributed by atoms with Crippen molar-refractivity contribution in [2.75, 3.05) is 31.1 Å². The van der Waals surface area contributed by atoms with E-state index in [4.69, 9.17) is 21.6 Å². The number of aryl methyl sites for hydroxylation is 1. The van der Waals surface area contributed by atoms with E-state index in [0.717, 1.165) is 58.2 Å². The largest absolute Gasteiger partial charge is 0.352 e. The topological polar surface area (TPSA) is 54.3 Å². The van der Waals surface area contributed by atoms with Gasteiger partial charge in [-0.1, -0.05) is 66.2 Å². The summed E-state index contributed by atoms with van der Waals surface area (Å²) in [5.74, 6) is 1.57. The van der Waals surface area contributed by atoms with Crippen LogP contribution in [0.3, 0.4) is 0 Å². The van der Waals surface area contributed by atoms with Crippen molar-refractivity contribution in [3.63, 3.8) is 0 Å². The molecule has 200 valence electrons. The highest BCUT2D eigenvalue weighted by molar-refractivity contribution is 6.30. The van der Waals surface area contributed by atoms with Gasteiger partial charge < -0.3 is 14.4 Å². The van der Waals surface area contributed by atoms with E-state index in [2.05, 4.69) is 71.1 Å². The summed E-state index contributed by atoms with van der Waals surface area (Å²) in [4.78, 5) is 27.3. The minimum atomic E-state index is 0.0755. The van der Waals surface area contributed by atoms with Gasteiger partial charge in [0, 0.05) is 54.6 Å². The van der Waals surface area contributed by atoms with Crippen molar-refractivity contribution >= 4 is 34.4 Å². The number of fused-ring (bicyclic) bond motifs is 1. The molecule has 2 fully saturated rings. The molecule has 1 aliphatic heterocycles. The lowest BCUT2D eigenvalue weighted by Crippen LogP contribution is -2.49. The van der Waals surface area contributed by atoms with Gasteiger partial charge in [0.05, 0.1) is 5.39 Å². The second kappa shape index (κ2) is 10.1. The molecule has 6 nitrogen and oxygen atoms in total. The molecule has 2 unspecified atom stereocenters. The molecule has 0 N–H and O–H groups in total. The first-order chi connectivity index (χ1) is 19.6. The molecule has 1 amide bonds. The molecule has 3 heterocycles. The fourth-order valence-corrected chi connectivity index (χ4v) is 6.14. The van der Waals surface area contributed by atoms with E-state index in [0.29, 0.717) is 19.0 Å². The van der Waals surface area contributed by atoms with E-state index in [1.165, 1.54) is 11.1 Å². The van der Waals surface area contributed by atoms with Crippen molar-refractivity contribution in [3.8, 4) is 16.8 Å². The first-order valence-corrected chi connectivity index (χ1v) is 14.2. The molecule has 5 aromatic rings. The van der Waals surface area contributed by atoms with Crippen molar-refractivity contribution in [2.24, 2.45) is 5.92 Å². The highest BCUT2D eigenvalue weighted by Crippen LogP contribution is 2.48. The summed E-state index contributed by atoms with van der Waals surface area (Å²) in [6.45, 7) is 4.95. The van der Waals surface area contributed by atoms with Gasteiger partial charge in [-0.2, -0.15) is 0 Å². The Labute approximate surface area is 238 Å². The number of anilines is 1. The Morgan fingerprint density at radius 2 is 1.68 bits per heavy atom. The lowest BCUT2D eigenvalue weighted by Gasteiger charge is -2.36. The van der Waals surface area contributed by atoms with Crippen LogP contribution < -0.4 is 4.90 Å². The Kier molecular flexibility index (Phi) is 6.28. The summed E-state index contributed by atoms with van der Waals surface area (Å²) in [6, 6.07) is 26.8. The Morgan fingerprint density at radius 1 is 0.900 bits per heavy atom. The molecule has 7 heteroatoms. The Hall–Kier alpha value is -4.16. The van der Waals surface area contributed by atoms with Gasteiger partial charge in [-0.3, -0.25) is 4.79 Å². The van der Waals surface area contributed by atoms with Gasteiger partial charge in [0.15, 0.2) is 5.65 Å². The second-order valence-electron chi connectivity index (χ2n) is 10.8. The molecule has 0 radical (unpaired) electrons. The third-order valence-electron chi connectivity index (χ3n) is 8.22. The maximum Gasteiger partial charge on any atom is 0.226 e. The van der Waals surface area contributed by atoms with Crippen LogP contribution in [0.2, 0.25) is 5.02 Å². The molecule has 7 rings (SSSR count). The van der Waals surface area contributed by atoms with Crippen LogP contribution in [0.1, 0.15) is 23.5 Å². The summed E-state index contributed by atoms with van der Waals surface area (Å²) < 4.78 is 2.17. The van der Waals surface area contributed by atoms with Crippen LogP contribution in [0.15, 0.2) is 91.4 Å². The molecule has 0 spiro atoms. The minimum absolute atomic E-state index is 0.0755. The molecule has 2 aliphatic rings. The number of hydrogen-bond donors (Lipinski definition) is 0. The first-order valence-electron chi connectivity index (χ1n) is 13.8. The maximum absolute atomic E-state index is 13.3. The van der Waals surface area contributed by atoms with Crippen molar-refractivity contribution in [2.45, 2.75) is 19.3 Å². The number of nitrogens with zero attached hydrogens (tertiary/aromatic N) is 5. The predicted molar refractivity (Wildman–Crippen MR) is 160 cm³/mol. The minimum Gasteiger partial charge on any atom is -0.352 e. The third kappa shape index (κ3) is 4.52. The average Bonchev–Trinajstić information content (AvgIpc) is 3.70. The van der Waals surface area contributed by atoms with Gasteiger partial charge in [-0.05, 0) is 60.2 Å². The van der Waals surface area contributed by atoms with Crippen LogP contribution in [0.4, 0.5) is 5.82 Å². The first kappa shape index (κ1) is 24.9. The summed E-state index contributed by atoms with van der Waals surface area (Å²) in [5, 5.41) is 1.77. The van der Waals surface area contributed by atoms with Crippen molar-refractivity contribution in [1.82, 2.24) is 19.4 Å². The zero-order chi connectivity index (χ0) is 27.2. The van der Waals surface area contributed by atoms with Crippen molar-refractivity contribution in [3.05, 3.63) is 108 Å². The molecular weight excluding hydrogens is 518 g/mol. The molecular formula is C33H30ClN5O. The van der Waals surface area contributed by atoms with Crippen molar-refractivity contribution in [1.29, 1.82) is 0 Å². The smallest absolute Gasteiger partial charge is 0.226 e. The standard InChI is InChI=1S/C33H30ClN5O/c1-22-6-5-9-26(18-22)39-20-29(23-7-3-2-4-8-23)30-31(35-21-36-32(30)39)37-14-16-38(17-15-37)33(40)28-19-27(28)24-10-12-25(34)13-11-24/h2-13,18,20-21,27-28H,14-17,19H2,1H3. The SMILES string of the molecule is Cc1cccc(-n2cc(-c3ccccc3)c3c(N4CCN(C(=O)C5CC5c5ccc(Cl)cc5)CC4)ncnc32)c1. The number of aromatic nitrogens is 3. The van der Waals surface area contributed by atoms with Crippen LogP contribution in [0, 0.1) is 12.8 Å².